The first-order chi connectivity index (χ1) is 12.2. The van der Waals surface area contributed by atoms with E-state index in [4.69, 9.17) is 0 Å². The fourth-order valence-electron chi connectivity index (χ4n) is 2.29. The van der Waals surface area contributed by atoms with E-state index in [1.54, 1.807) is 4.90 Å². The molecule has 1 aliphatic rings. The van der Waals surface area contributed by atoms with Crippen LogP contribution < -0.4 is 5.32 Å². The summed E-state index contributed by atoms with van der Waals surface area (Å²) in [5.41, 5.74) is 0.708. The summed E-state index contributed by atoms with van der Waals surface area (Å²) in [5, 5.41) is 3.49. The fourth-order valence-corrected chi connectivity index (χ4v) is 3.29. The number of rotatable bonds is 8. The third-order valence-corrected chi connectivity index (χ3v) is 4.73. The molecule has 0 atom stereocenters. The lowest BCUT2D eigenvalue weighted by molar-refractivity contribution is -0.122. The van der Waals surface area contributed by atoms with Gasteiger partial charge in [0, 0.05) is 24.9 Å². The van der Waals surface area contributed by atoms with Crippen molar-refractivity contribution >= 4 is 51.4 Å². The predicted molar refractivity (Wildman–Crippen MR) is 115 cm³/mol. The van der Waals surface area contributed by atoms with E-state index in [0.717, 1.165) is 25.7 Å². The van der Waals surface area contributed by atoms with Gasteiger partial charge in [0.1, 0.15) is 0 Å². The van der Waals surface area contributed by atoms with Gasteiger partial charge in [-0.05, 0) is 36.7 Å². The summed E-state index contributed by atoms with van der Waals surface area (Å²) >= 11 is 1.29. The van der Waals surface area contributed by atoms with Gasteiger partial charge in [-0.1, -0.05) is 44.9 Å². The molecule has 1 aromatic rings. The molecule has 1 N–H and O–H groups in total. The number of hydrogen-bond acceptors (Lipinski definition) is 4. The Bertz CT molecular complexity index is 662. The summed E-state index contributed by atoms with van der Waals surface area (Å²) in [6.45, 7) is 5.55. The van der Waals surface area contributed by atoms with Crippen molar-refractivity contribution in [2.75, 3.05) is 18.4 Å². The lowest BCUT2D eigenvalue weighted by atomic mass is 10.3. The quantitative estimate of drug-likeness (QED) is 0.474. The Kier molecular flexibility index (Phi) is 10.3. The van der Waals surface area contributed by atoms with E-state index in [9.17, 15) is 9.59 Å². The first-order valence-corrected chi connectivity index (χ1v) is 9.59. The Morgan fingerprint density at radius 2 is 1.88 bits per heavy atom. The fraction of sp³-hybridized carbons (Fsp3) is 0.421. The van der Waals surface area contributed by atoms with Gasteiger partial charge >= 0.3 is 0 Å². The van der Waals surface area contributed by atoms with Crippen LogP contribution in [0, 0.1) is 0 Å². The summed E-state index contributed by atoms with van der Waals surface area (Å²) in [5.74, 6) is -0.427. The Balaban J connectivity index is 0.00000338. The third-order valence-electron chi connectivity index (χ3n) is 3.69. The first kappa shape index (κ1) is 22.4. The number of halogens is 1. The van der Waals surface area contributed by atoms with Crippen molar-refractivity contribution in [1.82, 2.24) is 4.90 Å². The second-order valence-corrected chi connectivity index (χ2v) is 6.80. The minimum atomic E-state index is -0.299. The highest BCUT2D eigenvalue weighted by Crippen LogP contribution is 2.31. The maximum atomic E-state index is 12.6. The van der Waals surface area contributed by atoms with Crippen molar-refractivity contribution in [3.63, 3.8) is 0 Å². The molecule has 0 saturated carbocycles. The SMILES string of the molecule is Br.CCCCN=C1S/C(=C/C(=O)Nc2ccccc2)C(=O)N1CCCC. The maximum absolute atomic E-state index is 12.6. The molecule has 26 heavy (non-hydrogen) atoms. The van der Waals surface area contributed by atoms with Gasteiger partial charge in [0.05, 0.1) is 4.91 Å². The number of aliphatic imine (C=N–C) groups is 1. The molecule has 142 valence electrons. The molecule has 0 bridgehead atoms. The van der Waals surface area contributed by atoms with E-state index in [2.05, 4.69) is 24.2 Å². The number of thioether (sulfide) groups is 1. The van der Waals surface area contributed by atoms with E-state index in [1.165, 1.54) is 17.8 Å². The van der Waals surface area contributed by atoms with Crippen LogP contribution in [0.25, 0.3) is 0 Å². The molecule has 0 aliphatic carbocycles. The molecular formula is C19H26BrN3O2S. The zero-order chi connectivity index (χ0) is 18.1. The third kappa shape index (κ3) is 6.61. The number of benzene rings is 1. The van der Waals surface area contributed by atoms with Crippen LogP contribution in [0.2, 0.25) is 0 Å². The molecule has 1 heterocycles. The number of para-hydroxylation sites is 1. The second kappa shape index (κ2) is 11.9. The minimum absolute atomic E-state index is 0. The van der Waals surface area contributed by atoms with E-state index in [-0.39, 0.29) is 28.8 Å². The van der Waals surface area contributed by atoms with Crippen LogP contribution in [0.5, 0.6) is 0 Å². The summed E-state index contributed by atoms with van der Waals surface area (Å²) in [7, 11) is 0. The Morgan fingerprint density at radius 1 is 1.19 bits per heavy atom. The van der Waals surface area contributed by atoms with Crippen molar-refractivity contribution in [3.05, 3.63) is 41.3 Å². The number of unbranched alkanes of at least 4 members (excludes halogenated alkanes) is 2. The zero-order valence-electron chi connectivity index (χ0n) is 15.2. The van der Waals surface area contributed by atoms with Crippen LogP contribution in [-0.4, -0.2) is 35.0 Å². The second-order valence-electron chi connectivity index (χ2n) is 5.79. The lowest BCUT2D eigenvalue weighted by Crippen LogP contribution is -2.30. The van der Waals surface area contributed by atoms with Crippen LogP contribution in [0.15, 0.2) is 46.3 Å². The van der Waals surface area contributed by atoms with Gasteiger partial charge in [-0.3, -0.25) is 19.5 Å². The molecule has 1 fully saturated rings. The average Bonchev–Trinajstić information content (AvgIpc) is 2.89. The van der Waals surface area contributed by atoms with Crippen molar-refractivity contribution in [1.29, 1.82) is 0 Å². The molecular weight excluding hydrogens is 414 g/mol. The standard InChI is InChI=1S/C19H25N3O2S.BrH/c1-3-5-12-20-19-22(13-6-4-2)18(24)16(25-19)14-17(23)21-15-10-8-7-9-11-15;/h7-11,14H,3-6,12-13H2,1-2H3,(H,21,23);1H/b16-14+,20-19?;. The van der Waals surface area contributed by atoms with Gasteiger partial charge in [0.2, 0.25) is 5.91 Å². The van der Waals surface area contributed by atoms with E-state index in [1.807, 2.05) is 30.3 Å². The van der Waals surface area contributed by atoms with Crippen LogP contribution in [-0.2, 0) is 9.59 Å². The van der Waals surface area contributed by atoms with Crippen molar-refractivity contribution in [2.24, 2.45) is 4.99 Å². The summed E-state index contributed by atoms with van der Waals surface area (Å²) in [6, 6.07) is 9.21. The minimum Gasteiger partial charge on any atom is -0.322 e. The number of anilines is 1. The van der Waals surface area contributed by atoms with Crippen LogP contribution >= 0.6 is 28.7 Å². The van der Waals surface area contributed by atoms with E-state index < -0.39 is 0 Å². The molecule has 7 heteroatoms. The number of nitrogens with one attached hydrogen (secondary N) is 1. The van der Waals surface area contributed by atoms with Gasteiger partial charge in [0.15, 0.2) is 5.17 Å². The molecule has 5 nitrogen and oxygen atoms in total. The smallest absolute Gasteiger partial charge is 0.266 e. The molecule has 2 rings (SSSR count). The molecule has 0 aromatic heterocycles. The van der Waals surface area contributed by atoms with Crippen molar-refractivity contribution in [2.45, 2.75) is 39.5 Å². The van der Waals surface area contributed by atoms with Gasteiger partial charge in [0.25, 0.3) is 5.91 Å². The number of carbonyl (C=O) groups excluding carboxylic acids is 2. The van der Waals surface area contributed by atoms with Gasteiger partial charge in [-0.25, -0.2) is 0 Å². The monoisotopic (exact) mass is 439 g/mol. The summed E-state index contributed by atoms with van der Waals surface area (Å²) in [6.07, 6.45) is 5.36. The largest absolute Gasteiger partial charge is 0.322 e. The Hall–Kier alpha value is -1.60. The highest BCUT2D eigenvalue weighted by Gasteiger charge is 2.33. The van der Waals surface area contributed by atoms with Gasteiger partial charge in [-0.2, -0.15) is 0 Å². The molecule has 0 spiro atoms. The highest BCUT2D eigenvalue weighted by molar-refractivity contribution is 8.93. The maximum Gasteiger partial charge on any atom is 0.266 e. The summed E-state index contributed by atoms with van der Waals surface area (Å²) in [4.78, 5) is 31.5. The molecule has 1 aliphatic heterocycles. The molecule has 1 saturated heterocycles. The van der Waals surface area contributed by atoms with Crippen molar-refractivity contribution < 1.29 is 9.59 Å². The van der Waals surface area contributed by atoms with Crippen LogP contribution in [0.4, 0.5) is 5.69 Å². The molecule has 0 radical (unpaired) electrons. The molecule has 0 unspecified atom stereocenters. The Labute approximate surface area is 170 Å². The van der Waals surface area contributed by atoms with Crippen LogP contribution in [0.3, 0.4) is 0 Å². The average molecular weight is 440 g/mol. The first-order valence-electron chi connectivity index (χ1n) is 8.77. The number of amidine groups is 1. The lowest BCUT2D eigenvalue weighted by Gasteiger charge is -2.14. The predicted octanol–water partition coefficient (Wildman–Crippen LogP) is 4.62. The van der Waals surface area contributed by atoms with E-state index >= 15 is 0 Å². The molecule has 1 aromatic carbocycles. The number of carbonyl (C=O) groups is 2. The number of hydrogen-bond donors (Lipinski definition) is 1. The number of nitrogens with zero attached hydrogens (tertiary/aromatic N) is 2. The topological polar surface area (TPSA) is 61.8 Å². The van der Waals surface area contributed by atoms with Gasteiger partial charge in [-0.15, -0.1) is 17.0 Å². The van der Waals surface area contributed by atoms with Gasteiger partial charge < -0.3 is 5.32 Å². The Morgan fingerprint density at radius 3 is 2.54 bits per heavy atom. The van der Waals surface area contributed by atoms with E-state index in [0.29, 0.717) is 28.8 Å². The molecule has 2 amide bonds. The summed E-state index contributed by atoms with van der Waals surface area (Å²) < 4.78 is 0. The number of amides is 2. The van der Waals surface area contributed by atoms with Crippen LogP contribution in [0.1, 0.15) is 39.5 Å². The zero-order valence-corrected chi connectivity index (χ0v) is 17.8. The highest BCUT2D eigenvalue weighted by atomic mass is 79.9. The van der Waals surface area contributed by atoms with Crippen molar-refractivity contribution in [3.8, 4) is 0 Å². The normalized spacial score (nSPS) is 16.8.